The molecule has 2 rings (SSSR count). The third-order valence-electron chi connectivity index (χ3n) is 1.85. The van der Waals surface area contributed by atoms with E-state index >= 15 is 0 Å². The molecular formula is C10H9N3OS2. The lowest BCUT2D eigenvalue weighted by atomic mass is 10.3. The van der Waals surface area contributed by atoms with Crippen molar-refractivity contribution in [3.05, 3.63) is 29.7 Å². The van der Waals surface area contributed by atoms with Crippen molar-refractivity contribution in [3.8, 4) is 0 Å². The average Bonchev–Trinajstić information content (AvgIpc) is 2.78. The lowest BCUT2D eigenvalue weighted by Gasteiger charge is -1.95. The van der Waals surface area contributed by atoms with Gasteiger partial charge in [-0.15, -0.1) is 0 Å². The summed E-state index contributed by atoms with van der Waals surface area (Å²) in [5.74, 6) is 0.858. The van der Waals surface area contributed by atoms with Gasteiger partial charge in [0.05, 0.1) is 0 Å². The molecule has 4 nitrogen and oxygen atoms in total. The van der Waals surface area contributed by atoms with Gasteiger partial charge in [0.2, 0.25) is 0 Å². The Morgan fingerprint density at radius 1 is 1.50 bits per heavy atom. The molecule has 2 aromatic rings. The molecule has 16 heavy (non-hydrogen) atoms. The monoisotopic (exact) mass is 251 g/mol. The molecule has 0 aliphatic rings. The van der Waals surface area contributed by atoms with Crippen molar-refractivity contribution < 1.29 is 4.79 Å². The first-order valence-corrected chi connectivity index (χ1v) is 6.32. The van der Waals surface area contributed by atoms with Crippen molar-refractivity contribution >= 4 is 29.6 Å². The highest BCUT2D eigenvalue weighted by Crippen LogP contribution is 2.27. The maximum Gasteiger partial charge on any atom is 0.176 e. The fourth-order valence-electron chi connectivity index (χ4n) is 1.03. The summed E-state index contributed by atoms with van der Waals surface area (Å²) < 4.78 is 5.07. The number of carbonyl (C=O) groups is 1. The van der Waals surface area contributed by atoms with Gasteiger partial charge >= 0.3 is 0 Å². The predicted molar refractivity (Wildman–Crippen MR) is 63.0 cm³/mol. The molecule has 0 atom stereocenters. The SMILES string of the molecule is CCc1nsc(Sc2ccc(C=O)cn2)n1. The zero-order chi connectivity index (χ0) is 11.4. The lowest BCUT2D eigenvalue weighted by Crippen LogP contribution is -1.84. The van der Waals surface area contributed by atoms with Crippen LogP contribution in [0.15, 0.2) is 27.7 Å². The van der Waals surface area contributed by atoms with E-state index in [0.717, 1.165) is 27.9 Å². The Balaban J connectivity index is 2.10. The summed E-state index contributed by atoms with van der Waals surface area (Å²) in [6, 6.07) is 3.55. The van der Waals surface area contributed by atoms with Crippen molar-refractivity contribution in [1.82, 2.24) is 14.3 Å². The fourth-order valence-corrected chi connectivity index (χ4v) is 2.62. The molecule has 0 radical (unpaired) electrons. The quantitative estimate of drug-likeness (QED) is 0.781. The van der Waals surface area contributed by atoms with Gasteiger partial charge in [0.15, 0.2) is 10.6 Å². The lowest BCUT2D eigenvalue weighted by molar-refractivity contribution is 0.112. The van der Waals surface area contributed by atoms with E-state index in [9.17, 15) is 4.79 Å². The van der Waals surface area contributed by atoms with Crippen LogP contribution in [0.1, 0.15) is 23.1 Å². The summed E-state index contributed by atoms with van der Waals surface area (Å²) in [5, 5.41) is 0.824. The van der Waals surface area contributed by atoms with Crippen molar-refractivity contribution in [3.63, 3.8) is 0 Å². The highest BCUT2D eigenvalue weighted by atomic mass is 32.2. The van der Waals surface area contributed by atoms with Crippen molar-refractivity contribution in [1.29, 1.82) is 0 Å². The van der Waals surface area contributed by atoms with E-state index in [4.69, 9.17) is 0 Å². The number of carbonyl (C=O) groups excluding carboxylic acids is 1. The van der Waals surface area contributed by atoms with E-state index < -0.39 is 0 Å². The Morgan fingerprint density at radius 2 is 2.38 bits per heavy atom. The second-order valence-electron chi connectivity index (χ2n) is 2.98. The normalized spacial score (nSPS) is 10.3. The molecule has 0 N–H and O–H groups in total. The third kappa shape index (κ3) is 2.65. The van der Waals surface area contributed by atoms with Gasteiger partial charge in [-0.1, -0.05) is 6.92 Å². The number of pyridine rings is 1. The number of hydrogen-bond donors (Lipinski definition) is 0. The van der Waals surface area contributed by atoms with Crippen LogP contribution in [-0.4, -0.2) is 20.6 Å². The molecule has 0 bridgehead atoms. The Morgan fingerprint density at radius 3 is 2.94 bits per heavy atom. The van der Waals surface area contributed by atoms with E-state index in [-0.39, 0.29) is 0 Å². The van der Waals surface area contributed by atoms with Gasteiger partial charge in [-0.25, -0.2) is 9.97 Å². The molecule has 0 aromatic carbocycles. The second-order valence-corrected chi connectivity index (χ2v) is 5.00. The minimum absolute atomic E-state index is 0.580. The molecule has 0 aliphatic carbocycles. The molecule has 0 unspecified atom stereocenters. The molecule has 0 spiro atoms. The Kier molecular flexibility index (Phi) is 3.63. The number of aromatic nitrogens is 3. The number of aldehydes is 1. The zero-order valence-corrected chi connectivity index (χ0v) is 10.2. The largest absolute Gasteiger partial charge is 0.298 e. The zero-order valence-electron chi connectivity index (χ0n) is 8.58. The summed E-state index contributed by atoms with van der Waals surface area (Å²) in [7, 11) is 0. The first kappa shape index (κ1) is 11.2. The van der Waals surface area contributed by atoms with Gasteiger partial charge in [-0.05, 0) is 35.4 Å². The van der Waals surface area contributed by atoms with E-state index in [2.05, 4.69) is 14.3 Å². The predicted octanol–water partition coefficient (Wildman–Crippen LogP) is 2.46. The van der Waals surface area contributed by atoms with Gasteiger partial charge < -0.3 is 0 Å². The highest BCUT2D eigenvalue weighted by molar-refractivity contribution is 8.00. The van der Waals surface area contributed by atoms with E-state index in [1.807, 2.05) is 6.92 Å². The second kappa shape index (κ2) is 5.18. The van der Waals surface area contributed by atoms with Crippen LogP contribution in [0.2, 0.25) is 0 Å². The van der Waals surface area contributed by atoms with Crippen molar-refractivity contribution in [2.75, 3.05) is 0 Å². The van der Waals surface area contributed by atoms with Gasteiger partial charge in [-0.3, -0.25) is 4.79 Å². The maximum absolute atomic E-state index is 10.5. The highest BCUT2D eigenvalue weighted by Gasteiger charge is 2.05. The van der Waals surface area contributed by atoms with Crippen LogP contribution in [0.3, 0.4) is 0 Å². The van der Waals surface area contributed by atoms with Crippen molar-refractivity contribution in [2.24, 2.45) is 0 Å². The number of rotatable bonds is 4. The van der Waals surface area contributed by atoms with E-state index in [0.29, 0.717) is 5.56 Å². The van der Waals surface area contributed by atoms with Crippen LogP contribution < -0.4 is 0 Å². The average molecular weight is 251 g/mol. The van der Waals surface area contributed by atoms with Crippen LogP contribution in [0.5, 0.6) is 0 Å². The molecule has 0 amide bonds. The first-order chi connectivity index (χ1) is 7.81. The summed E-state index contributed by atoms with van der Waals surface area (Å²) in [6.45, 7) is 2.02. The van der Waals surface area contributed by atoms with E-state index in [1.165, 1.54) is 23.3 Å². The van der Waals surface area contributed by atoms with Crippen LogP contribution in [0, 0.1) is 0 Å². The van der Waals surface area contributed by atoms with Crippen LogP contribution in [-0.2, 0) is 6.42 Å². The van der Waals surface area contributed by atoms with Crippen molar-refractivity contribution in [2.45, 2.75) is 22.7 Å². The van der Waals surface area contributed by atoms with Crippen LogP contribution in [0.4, 0.5) is 0 Å². The minimum Gasteiger partial charge on any atom is -0.298 e. The number of aryl methyl sites for hydroxylation is 1. The summed E-state index contributed by atoms with van der Waals surface area (Å²) in [6.07, 6.45) is 3.17. The Labute approximate surface area is 101 Å². The van der Waals surface area contributed by atoms with Gasteiger partial charge in [0, 0.05) is 18.2 Å². The molecule has 6 heteroatoms. The summed E-state index contributed by atoms with van der Waals surface area (Å²) in [5.41, 5.74) is 0.580. The maximum atomic E-state index is 10.5. The molecular weight excluding hydrogens is 242 g/mol. The smallest absolute Gasteiger partial charge is 0.176 e. The molecule has 82 valence electrons. The number of nitrogens with zero attached hydrogens (tertiary/aromatic N) is 3. The van der Waals surface area contributed by atoms with E-state index in [1.54, 1.807) is 18.3 Å². The third-order valence-corrected chi connectivity index (χ3v) is 3.59. The first-order valence-electron chi connectivity index (χ1n) is 4.73. The summed E-state index contributed by atoms with van der Waals surface area (Å²) in [4.78, 5) is 18.9. The topological polar surface area (TPSA) is 55.7 Å². The molecule has 2 aromatic heterocycles. The van der Waals surface area contributed by atoms with Gasteiger partial charge in [0.25, 0.3) is 0 Å². The Bertz CT molecular complexity index is 481. The molecule has 0 saturated heterocycles. The van der Waals surface area contributed by atoms with Crippen LogP contribution >= 0.6 is 23.3 Å². The Hall–Kier alpha value is -1.27. The molecule has 2 heterocycles. The van der Waals surface area contributed by atoms with Crippen LogP contribution in [0.25, 0.3) is 0 Å². The molecule has 0 saturated carbocycles. The molecule has 0 aliphatic heterocycles. The number of hydrogen-bond acceptors (Lipinski definition) is 6. The summed E-state index contributed by atoms with van der Waals surface area (Å²) >= 11 is 2.83. The van der Waals surface area contributed by atoms with Gasteiger partial charge in [0.1, 0.15) is 10.9 Å². The fraction of sp³-hybridized carbons (Fsp3) is 0.200. The van der Waals surface area contributed by atoms with Gasteiger partial charge in [-0.2, -0.15) is 4.37 Å². The standard InChI is InChI=1S/C10H9N3OS2/c1-2-8-12-10(16-13-8)15-9-4-3-7(6-14)5-11-9/h3-6H,2H2,1H3. The minimum atomic E-state index is 0.580. The molecule has 0 fully saturated rings.